The number of hydrogen-bond acceptors (Lipinski definition) is 2. The molecule has 0 N–H and O–H groups in total. The molecule has 0 bridgehead atoms. The van der Waals surface area contributed by atoms with E-state index in [0.29, 0.717) is 5.56 Å². The van der Waals surface area contributed by atoms with Gasteiger partial charge in [0.1, 0.15) is 5.82 Å². The maximum Gasteiger partial charge on any atom is 0.269 e. The standard InChI is InChI=1S/C7H6FNO2.C2H6.CH3.Re/c1-5-4-6(9(10)11)2-3-7(5)8;1-2;;/h2-4H,1H3;1-2H3;1H3;/q;;-1;. The topological polar surface area (TPSA) is 43.1 Å². The Morgan fingerprint density at radius 3 is 2.13 bits per heavy atom. The van der Waals surface area contributed by atoms with E-state index < -0.39 is 10.7 Å². The van der Waals surface area contributed by atoms with Crippen molar-refractivity contribution >= 4 is 5.69 Å². The van der Waals surface area contributed by atoms with Gasteiger partial charge in [-0.3, -0.25) is 10.1 Å². The fourth-order valence-electron chi connectivity index (χ4n) is 0.742. The number of nitrogens with zero attached hydrogens (tertiary/aromatic N) is 1. The maximum absolute atomic E-state index is 12.5. The number of halogens is 1. The van der Waals surface area contributed by atoms with Crippen molar-refractivity contribution in [1.82, 2.24) is 0 Å². The molecule has 0 saturated heterocycles. The predicted octanol–water partition coefficient (Wildman–Crippen LogP) is 3.52. The maximum atomic E-state index is 12.5. The van der Waals surface area contributed by atoms with Gasteiger partial charge >= 0.3 is 0 Å². The van der Waals surface area contributed by atoms with Gasteiger partial charge in [0, 0.05) is 32.6 Å². The number of nitro groups is 1. The third-order valence-electron chi connectivity index (χ3n) is 1.35. The molecule has 0 saturated carbocycles. The van der Waals surface area contributed by atoms with Crippen molar-refractivity contribution < 1.29 is 29.7 Å². The normalized spacial score (nSPS) is 7.47. The molecule has 0 fully saturated rings. The Balaban J connectivity index is -0.000000339. The van der Waals surface area contributed by atoms with E-state index in [9.17, 15) is 14.5 Å². The molecule has 0 spiro atoms. The minimum absolute atomic E-state index is 0. The van der Waals surface area contributed by atoms with Gasteiger partial charge in [-0.05, 0) is 18.6 Å². The number of aryl methyl sites for hydroxylation is 1. The molecule has 1 radical (unpaired) electrons. The summed E-state index contributed by atoms with van der Waals surface area (Å²) in [5.74, 6) is -0.421. The zero-order valence-corrected chi connectivity index (χ0v) is 12.0. The van der Waals surface area contributed by atoms with Gasteiger partial charge in [-0.1, -0.05) is 13.8 Å². The van der Waals surface area contributed by atoms with Gasteiger partial charge in [0.25, 0.3) is 5.69 Å². The van der Waals surface area contributed by atoms with Crippen LogP contribution in [0.25, 0.3) is 0 Å². The first-order chi connectivity index (χ1) is 6.11. The molecule has 0 aliphatic carbocycles. The predicted molar refractivity (Wildman–Crippen MR) is 55.6 cm³/mol. The summed E-state index contributed by atoms with van der Waals surface area (Å²) in [6.07, 6.45) is 0. The van der Waals surface area contributed by atoms with Gasteiger partial charge in [-0.2, -0.15) is 0 Å². The summed E-state index contributed by atoms with van der Waals surface area (Å²) in [4.78, 5) is 9.60. The zero-order chi connectivity index (χ0) is 10.4. The molecule has 0 atom stereocenters. The van der Waals surface area contributed by atoms with E-state index in [4.69, 9.17) is 0 Å². The van der Waals surface area contributed by atoms with Crippen LogP contribution < -0.4 is 0 Å². The van der Waals surface area contributed by atoms with Gasteiger partial charge < -0.3 is 7.43 Å². The van der Waals surface area contributed by atoms with Crippen LogP contribution >= 0.6 is 0 Å². The molecular formula is C10H15FNO2Re-. The van der Waals surface area contributed by atoms with Crippen LogP contribution in [0.2, 0.25) is 0 Å². The average molecular weight is 386 g/mol. The molecule has 15 heavy (non-hydrogen) atoms. The summed E-state index contributed by atoms with van der Waals surface area (Å²) in [5.41, 5.74) is 0.211. The van der Waals surface area contributed by atoms with Crippen LogP contribution in [0.15, 0.2) is 18.2 Å². The van der Waals surface area contributed by atoms with Gasteiger partial charge in [-0.25, -0.2) is 4.39 Å². The largest absolute Gasteiger partial charge is 0.358 e. The molecule has 3 nitrogen and oxygen atoms in total. The molecule has 87 valence electrons. The molecule has 0 aliphatic heterocycles. The van der Waals surface area contributed by atoms with Crippen molar-refractivity contribution in [1.29, 1.82) is 0 Å². The first-order valence-electron chi connectivity index (χ1n) is 4.02. The van der Waals surface area contributed by atoms with Crippen molar-refractivity contribution in [3.05, 3.63) is 47.1 Å². The first kappa shape index (κ1) is 19.7. The van der Waals surface area contributed by atoms with Gasteiger partial charge in [0.15, 0.2) is 0 Å². The Morgan fingerprint density at radius 2 is 1.80 bits per heavy atom. The summed E-state index contributed by atoms with van der Waals surface area (Å²) < 4.78 is 12.5. The van der Waals surface area contributed by atoms with Crippen LogP contribution in [0.5, 0.6) is 0 Å². The summed E-state index contributed by atoms with van der Waals surface area (Å²) >= 11 is 0. The van der Waals surface area contributed by atoms with E-state index in [1.807, 2.05) is 13.8 Å². The smallest absolute Gasteiger partial charge is 0.269 e. The van der Waals surface area contributed by atoms with Crippen molar-refractivity contribution in [2.24, 2.45) is 0 Å². The monoisotopic (exact) mass is 387 g/mol. The SMILES string of the molecule is CC.Cc1cc([N+](=O)[O-])ccc1F.[CH3-].[Re]. The molecule has 0 aromatic heterocycles. The Bertz CT molecular complexity index is 305. The van der Waals surface area contributed by atoms with Crippen molar-refractivity contribution in [2.75, 3.05) is 0 Å². The summed E-state index contributed by atoms with van der Waals surface area (Å²) in [5, 5.41) is 10.1. The van der Waals surface area contributed by atoms with E-state index in [1.165, 1.54) is 13.0 Å². The van der Waals surface area contributed by atoms with Crippen LogP contribution in [0.1, 0.15) is 19.4 Å². The van der Waals surface area contributed by atoms with E-state index in [2.05, 4.69) is 0 Å². The van der Waals surface area contributed by atoms with E-state index in [-0.39, 0.29) is 33.5 Å². The molecule has 1 aromatic rings. The van der Waals surface area contributed by atoms with Crippen molar-refractivity contribution in [2.45, 2.75) is 20.8 Å². The Morgan fingerprint density at radius 1 is 1.33 bits per heavy atom. The molecule has 0 heterocycles. The summed E-state index contributed by atoms with van der Waals surface area (Å²) in [7, 11) is 0. The first-order valence-corrected chi connectivity index (χ1v) is 4.02. The number of benzene rings is 1. The van der Waals surface area contributed by atoms with Gasteiger partial charge in [0.05, 0.1) is 4.92 Å². The van der Waals surface area contributed by atoms with Crippen molar-refractivity contribution in [3.8, 4) is 0 Å². The second-order valence-electron chi connectivity index (χ2n) is 2.19. The molecule has 0 unspecified atom stereocenters. The Labute approximate surface area is 104 Å². The molecule has 1 rings (SSSR count). The van der Waals surface area contributed by atoms with Crippen LogP contribution in [-0.2, 0) is 20.4 Å². The molecular weight excluding hydrogens is 371 g/mol. The number of nitro benzene ring substituents is 1. The summed E-state index contributed by atoms with van der Waals surface area (Å²) in [6, 6.07) is 3.44. The van der Waals surface area contributed by atoms with Crippen molar-refractivity contribution in [3.63, 3.8) is 0 Å². The second kappa shape index (κ2) is 9.76. The molecule has 1 aromatic carbocycles. The number of non-ortho nitro benzene ring substituents is 1. The number of rotatable bonds is 1. The van der Waals surface area contributed by atoms with Gasteiger partial charge in [0.2, 0.25) is 0 Å². The van der Waals surface area contributed by atoms with E-state index in [1.54, 1.807) is 0 Å². The Kier molecular flexibility index (Phi) is 12.8. The third-order valence-corrected chi connectivity index (χ3v) is 1.35. The van der Waals surface area contributed by atoms with E-state index >= 15 is 0 Å². The second-order valence-corrected chi connectivity index (χ2v) is 2.19. The third kappa shape index (κ3) is 6.32. The van der Waals surface area contributed by atoms with Crippen LogP contribution in [0.3, 0.4) is 0 Å². The zero-order valence-electron chi connectivity index (χ0n) is 9.25. The minimum atomic E-state index is -0.549. The molecule has 5 heteroatoms. The average Bonchev–Trinajstić information content (AvgIpc) is 2.13. The van der Waals surface area contributed by atoms with Crippen LogP contribution in [0, 0.1) is 30.3 Å². The van der Waals surface area contributed by atoms with Gasteiger partial charge in [-0.15, -0.1) is 0 Å². The van der Waals surface area contributed by atoms with E-state index in [0.717, 1.165) is 12.1 Å². The van der Waals surface area contributed by atoms with Crippen LogP contribution in [-0.4, -0.2) is 4.92 Å². The Hall–Kier alpha value is -0.788. The fourth-order valence-corrected chi connectivity index (χ4v) is 0.742. The van der Waals surface area contributed by atoms with Crippen LogP contribution in [0.4, 0.5) is 10.1 Å². The number of hydrogen-bond donors (Lipinski definition) is 0. The molecule has 0 aliphatic rings. The fraction of sp³-hybridized carbons (Fsp3) is 0.300. The molecule has 0 amide bonds. The minimum Gasteiger partial charge on any atom is -0.358 e. The quantitative estimate of drug-likeness (QED) is 0.421. The summed E-state index contributed by atoms with van der Waals surface area (Å²) in [6.45, 7) is 5.49.